The number of hydrogen-bond donors (Lipinski definition) is 1. The minimum Gasteiger partial charge on any atom is -0.393 e. The smallest absolute Gasteiger partial charge is 0.184 e. The molecule has 4 heteroatoms. The lowest BCUT2D eigenvalue weighted by Crippen LogP contribution is -2.17. The van der Waals surface area contributed by atoms with Gasteiger partial charge in [0.2, 0.25) is 0 Å². The van der Waals surface area contributed by atoms with Crippen LogP contribution in [0.25, 0.3) is 0 Å². The number of fused-ring (bicyclic) bond motifs is 1. The Morgan fingerprint density at radius 1 is 1.64 bits per heavy atom. The normalized spacial score (nSPS) is 23.3. The molecule has 1 aromatic rings. The van der Waals surface area contributed by atoms with Crippen LogP contribution < -0.4 is 0 Å². The maximum Gasteiger partial charge on any atom is 0.184 e. The van der Waals surface area contributed by atoms with Crippen molar-refractivity contribution in [1.29, 1.82) is 0 Å². The molecule has 2 rings (SSSR count). The average molecular weight is 190 g/mol. The molecular formula is C7H8ClNOS. The summed E-state index contributed by atoms with van der Waals surface area (Å²) in [6.45, 7) is 0. The number of halogens is 1. The SMILES string of the molecule is O[C@H]1CCc2nc(Cl)sc2C1. The summed E-state index contributed by atoms with van der Waals surface area (Å²) >= 11 is 7.21. The molecule has 0 spiro atoms. The molecular weight excluding hydrogens is 182 g/mol. The van der Waals surface area contributed by atoms with Gasteiger partial charge in [0, 0.05) is 11.3 Å². The van der Waals surface area contributed by atoms with Gasteiger partial charge in [0.15, 0.2) is 4.47 Å². The summed E-state index contributed by atoms with van der Waals surface area (Å²) in [7, 11) is 0. The molecule has 1 aliphatic carbocycles. The summed E-state index contributed by atoms with van der Waals surface area (Å²) < 4.78 is 0.601. The van der Waals surface area contributed by atoms with Crippen LogP contribution in [-0.4, -0.2) is 16.2 Å². The molecule has 0 fully saturated rings. The highest BCUT2D eigenvalue weighted by molar-refractivity contribution is 7.15. The van der Waals surface area contributed by atoms with Crippen LogP contribution in [0.15, 0.2) is 0 Å². The van der Waals surface area contributed by atoms with Crippen LogP contribution in [0.4, 0.5) is 0 Å². The van der Waals surface area contributed by atoms with Crippen LogP contribution in [0.2, 0.25) is 4.47 Å². The summed E-state index contributed by atoms with van der Waals surface area (Å²) in [5.74, 6) is 0. The van der Waals surface area contributed by atoms with Gasteiger partial charge in [-0.2, -0.15) is 0 Å². The van der Waals surface area contributed by atoms with E-state index in [1.165, 1.54) is 11.3 Å². The highest BCUT2D eigenvalue weighted by Crippen LogP contribution is 2.29. The maximum atomic E-state index is 9.30. The lowest BCUT2D eigenvalue weighted by atomic mass is 10.0. The van der Waals surface area contributed by atoms with E-state index in [1.54, 1.807) is 0 Å². The molecule has 0 saturated heterocycles. The topological polar surface area (TPSA) is 33.1 Å². The molecule has 1 aromatic heterocycles. The number of rotatable bonds is 0. The Labute approximate surface area is 73.8 Å². The van der Waals surface area contributed by atoms with E-state index in [2.05, 4.69) is 4.98 Å². The predicted octanol–water partition coefficient (Wildman–Crippen LogP) is 1.65. The van der Waals surface area contributed by atoms with Gasteiger partial charge in [0.05, 0.1) is 11.8 Å². The molecule has 1 heterocycles. The lowest BCUT2D eigenvalue weighted by molar-refractivity contribution is 0.159. The Kier molecular flexibility index (Phi) is 1.87. The van der Waals surface area contributed by atoms with Crippen molar-refractivity contribution >= 4 is 22.9 Å². The van der Waals surface area contributed by atoms with E-state index in [0.29, 0.717) is 4.47 Å². The van der Waals surface area contributed by atoms with Crippen molar-refractivity contribution in [2.75, 3.05) is 0 Å². The van der Waals surface area contributed by atoms with Crippen molar-refractivity contribution in [2.24, 2.45) is 0 Å². The Hall–Kier alpha value is -0.120. The first kappa shape index (κ1) is 7.53. The lowest BCUT2D eigenvalue weighted by Gasteiger charge is -2.14. The third-order valence-electron chi connectivity index (χ3n) is 1.89. The highest BCUT2D eigenvalue weighted by atomic mass is 35.5. The Bertz CT molecular complexity index is 273. The highest BCUT2D eigenvalue weighted by Gasteiger charge is 2.19. The van der Waals surface area contributed by atoms with Gasteiger partial charge in [-0.1, -0.05) is 11.6 Å². The third-order valence-corrected chi connectivity index (χ3v) is 3.11. The Balaban J connectivity index is 2.34. The standard InChI is InChI=1S/C7H8ClNOS/c8-7-9-5-2-1-4(10)3-6(5)11-7/h4,10H,1-3H2/t4-/m0/s1. The van der Waals surface area contributed by atoms with Crippen LogP contribution in [0.3, 0.4) is 0 Å². The van der Waals surface area contributed by atoms with Crippen LogP contribution in [-0.2, 0) is 12.8 Å². The zero-order chi connectivity index (χ0) is 7.84. The van der Waals surface area contributed by atoms with E-state index in [9.17, 15) is 5.11 Å². The number of aromatic nitrogens is 1. The van der Waals surface area contributed by atoms with E-state index in [1.807, 2.05) is 0 Å². The second-order valence-electron chi connectivity index (χ2n) is 2.73. The molecule has 0 aliphatic heterocycles. The van der Waals surface area contributed by atoms with Gasteiger partial charge in [0.1, 0.15) is 0 Å². The van der Waals surface area contributed by atoms with E-state index in [0.717, 1.165) is 29.8 Å². The van der Waals surface area contributed by atoms with Crippen molar-refractivity contribution < 1.29 is 5.11 Å². The summed E-state index contributed by atoms with van der Waals surface area (Å²) in [4.78, 5) is 5.32. The van der Waals surface area contributed by atoms with E-state index in [-0.39, 0.29) is 6.10 Å². The van der Waals surface area contributed by atoms with Crippen LogP contribution >= 0.6 is 22.9 Å². The fourth-order valence-electron chi connectivity index (χ4n) is 1.33. The number of thiazole rings is 1. The number of aliphatic hydroxyl groups is 1. The first-order valence-electron chi connectivity index (χ1n) is 3.58. The molecule has 1 atom stereocenters. The largest absolute Gasteiger partial charge is 0.393 e. The van der Waals surface area contributed by atoms with Crippen LogP contribution in [0.5, 0.6) is 0 Å². The first-order chi connectivity index (χ1) is 5.25. The van der Waals surface area contributed by atoms with Crippen molar-refractivity contribution in [1.82, 2.24) is 4.98 Å². The molecule has 0 aromatic carbocycles. The number of hydrogen-bond acceptors (Lipinski definition) is 3. The zero-order valence-electron chi connectivity index (χ0n) is 5.88. The molecule has 0 amide bonds. The van der Waals surface area contributed by atoms with E-state index < -0.39 is 0 Å². The number of aryl methyl sites for hydroxylation is 1. The molecule has 60 valence electrons. The van der Waals surface area contributed by atoms with Crippen molar-refractivity contribution in [3.05, 3.63) is 15.0 Å². The van der Waals surface area contributed by atoms with Crippen molar-refractivity contribution in [3.63, 3.8) is 0 Å². The van der Waals surface area contributed by atoms with Gasteiger partial charge >= 0.3 is 0 Å². The average Bonchev–Trinajstić information content (AvgIpc) is 2.27. The first-order valence-corrected chi connectivity index (χ1v) is 4.77. The maximum absolute atomic E-state index is 9.30. The molecule has 1 N–H and O–H groups in total. The molecule has 1 aliphatic rings. The fourth-order valence-corrected chi connectivity index (χ4v) is 2.61. The molecule has 0 radical (unpaired) electrons. The van der Waals surface area contributed by atoms with Gasteiger partial charge < -0.3 is 5.11 Å². The predicted molar refractivity (Wildman–Crippen MR) is 45.2 cm³/mol. The molecule has 0 saturated carbocycles. The third kappa shape index (κ3) is 1.41. The van der Waals surface area contributed by atoms with E-state index >= 15 is 0 Å². The Morgan fingerprint density at radius 2 is 2.45 bits per heavy atom. The van der Waals surface area contributed by atoms with Gasteiger partial charge in [0.25, 0.3) is 0 Å². The summed E-state index contributed by atoms with van der Waals surface area (Å²) in [6.07, 6.45) is 2.26. The van der Waals surface area contributed by atoms with Crippen molar-refractivity contribution in [2.45, 2.75) is 25.4 Å². The van der Waals surface area contributed by atoms with Crippen LogP contribution in [0.1, 0.15) is 17.0 Å². The van der Waals surface area contributed by atoms with Gasteiger partial charge in [-0.05, 0) is 12.8 Å². The summed E-state index contributed by atoms with van der Waals surface area (Å²) in [5, 5.41) is 9.30. The molecule has 2 nitrogen and oxygen atoms in total. The second-order valence-corrected chi connectivity index (χ2v) is 4.40. The number of aliphatic hydroxyl groups excluding tert-OH is 1. The van der Waals surface area contributed by atoms with Crippen molar-refractivity contribution in [3.8, 4) is 0 Å². The molecule has 11 heavy (non-hydrogen) atoms. The van der Waals surface area contributed by atoms with Gasteiger partial charge in [-0.15, -0.1) is 11.3 Å². The summed E-state index contributed by atoms with van der Waals surface area (Å²) in [5.41, 5.74) is 1.09. The minimum absolute atomic E-state index is 0.181. The van der Waals surface area contributed by atoms with Gasteiger partial charge in [-0.3, -0.25) is 0 Å². The second kappa shape index (κ2) is 2.73. The summed E-state index contributed by atoms with van der Waals surface area (Å²) in [6, 6.07) is 0. The minimum atomic E-state index is -0.181. The monoisotopic (exact) mass is 189 g/mol. The fraction of sp³-hybridized carbons (Fsp3) is 0.571. The molecule has 0 unspecified atom stereocenters. The number of nitrogens with zero attached hydrogens (tertiary/aromatic N) is 1. The quantitative estimate of drug-likeness (QED) is 0.673. The van der Waals surface area contributed by atoms with Gasteiger partial charge in [-0.25, -0.2) is 4.98 Å². The van der Waals surface area contributed by atoms with E-state index in [4.69, 9.17) is 11.6 Å². The van der Waals surface area contributed by atoms with Crippen LogP contribution in [0, 0.1) is 0 Å². The molecule has 0 bridgehead atoms. The Morgan fingerprint density at radius 3 is 3.27 bits per heavy atom. The zero-order valence-corrected chi connectivity index (χ0v) is 7.45.